The topological polar surface area (TPSA) is 63.7 Å². The number of hydrogen-bond donors (Lipinski definition) is 0. The van der Waals surface area contributed by atoms with Crippen molar-refractivity contribution >= 4 is 23.3 Å². The number of benzene rings is 1. The van der Waals surface area contributed by atoms with E-state index in [0.29, 0.717) is 35.4 Å². The van der Waals surface area contributed by atoms with Crippen LogP contribution in [0.1, 0.15) is 30.6 Å². The molecule has 2 saturated carbocycles. The van der Waals surface area contributed by atoms with Gasteiger partial charge in [0.1, 0.15) is 5.75 Å². The number of nitrogens with zero attached hydrogens (tertiary/aromatic N) is 1. The zero-order valence-corrected chi connectivity index (χ0v) is 14.8. The Hall–Kier alpha value is -2.43. The average molecular weight is 351 g/mol. The molecule has 1 aromatic carbocycles. The maximum Gasteiger partial charge on any atom is 0.238 e. The summed E-state index contributed by atoms with van der Waals surface area (Å²) in [5.41, 5.74) is 0.889. The Morgan fingerprint density at radius 1 is 1.12 bits per heavy atom. The van der Waals surface area contributed by atoms with E-state index in [0.717, 1.165) is 6.42 Å². The zero-order chi connectivity index (χ0) is 18.2. The molecule has 5 aliphatic rings. The molecule has 0 radical (unpaired) electrons. The third kappa shape index (κ3) is 1.94. The van der Waals surface area contributed by atoms with Gasteiger partial charge in [-0.25, -0.2) is 4.90 Å². The standard InChI is InChI=1S/C21H21NO4/c1-3-26-17-7-4-11(10(2)23)8-16(17)22-20(24)18-12-5-6-13(15-9-14(12)15)19(18)21(22)25/h4-8,12-15,18-19H,3,9H2,1-2H3/t12-,13-,14-,15-,18+,19+/m0/s1. The second-order valence-electron chi connectivity index (χ2n) is 7.84. The molecule has 1 saturated heterocycles. The Balaban J connectivity index is 1.59. The van der Waals surface area contributed by atoms with Crippen LogP contribution in [-0.2, 0) is 9.59 Å². The number of rotatable bonds is 4. The van der Waals surface area contributed by atoms with Crippen LogP contribution in [0.15, 0.2) is 30.4 Å². The van der Waals surface area contributed by atoms with E-state index in [1.165, 1.54) is 11.8 Å². The lowest BCUT2D eigenvalue weighted by Gasteiger charge is -2.37. The van der Waals surface area contributed by atoms with E-state index in [2.05, 4.69) is 12.2 Å². The van der Waals surface area contributed by atoms with E-state index in [4.69, 9.17) is 4.74 Å². The number of amides is 2. The van der Waals surface area contributed by atoms with Crippen LogP contribution in [0.4, 0.5) is 5.69 Å². The molecule has 134 valence electrons. The molecule has 1 heterocycles. The van der Waals surface area contributed by atoms with Gasteiger partial charge in [-0.2, -0.15) is 0 Å². The molecule has 0 unspecified atom stereocenters. The molecular formula is C21H21NO4. The van der Waals surface area contributed by atoms with Crippen LogP contribution >= 0.6 is 0 Å². The molecular weight excluding hydrogens is 330 g/mol. The van der Waals surface area contributed by atoms with Crippen molar-refractivity contribution in [2.24, 2.45) is 35.5 Å². The van der Waals surface area contributed by atoms with Crippen molar-refractivity contribution in [2.75, 3.05) is 11.5 Å². The summed E-state index contributed by atoms with van der Waals surface area (Å²) in [4.78, 5) is 39.7. The Kier molecular flexibility index (Phi) is 3.21. The summed E-state index contributed by atoms with van der Waals surface area (Å²) < 4.78 is 5.66. The lowest BCUT2D eigenvalue weighted by molar-refractivity contribution is -0.124. The highest BCUT2D eigenvalue weighted by Gasteiger charge is 2.67. The lowest BCUT2D eigenvalue weighted by Crippen LogP contribution is -2.40. The number of ketones is 1. The van der Waals surface area contributed by atoms with Crippen LogP contribution in [-0.4, -0.2) is 24.2 Å². The van der Waals surface area contributed by atoms with Crippen molar-refractivity contribution in [2.45, 2.75) is 20.3 Å². The van der Waals surface area contributed by atoms with Gasteiger partial charge in [0.05, 0.1) is 24.1 Å². The van der Waals surface area contributed by atoms with Gasteiger partial charge in [0.2, 0.25) is 11.8 Å². The third-order valence-corrected chi connectivity index (χ3v) is 6.57. The number of carbonyl (C=O) groups excluding carboxylic acids is 3. The first-order valence-electron chi connectivity index (χ1n) is 9.36. The fraction of sp³-hybridized carbons (Fsp3) is 0.476. The Morgan fingerprint density at radius 3 is 2.27 bits per heavy atom. The lowest BCUT2D eigenvalue weighted by atomic mass is 9.63. The first-order valence-corrected chi connectivity index (χ1v) is 9.36. The highest BCUT2D eigenvalue weighted by molar-refractivity contribution is 6.23. The molecule has 4 aliphatic carbocycles. The Morgan fingerprint density at radius 2 is 1.73 bits per heavy atom. The average Bonchev–Trinajstić information content (AvgIpc) is 3.40. The van der Waals surface area contributed by atoms with Crippen LogP contribution in [0.3, 0.4) is 0 Å². The summed E-state index contributed by atoms with van der Waals surface area (Å²) in [7, 11) is 0. The quantitative estimate of drug-likeness (QED) is 0.475. The zero-order valence-electron chi connectivity index (χ0n) is 14.8. The Bertz CT molecular complexity index is 837. The fourth-order valence-electron chi connectivity index (χ4n) is 5.38. The van der Waals surface area contributed by atoms with E-state index in [-0.39, 0.29) is 41.3 Å². The summed E-state index contributed by atoms with van der Waals surface area (Å²) in [6.07, 6.45) is 5.45. The summed E-state index contributed by atoms with van der Waals surface area (Å²) in [6, 6.07) is 4.98. The molecule has 2 bridgehead atoms. The van der Waals surface area contributed by atoms with Crippen LogP contribution in [0.5, 0.6) is 5.75 Å². The summed E-state index contributed by atoms with van der Waals surface area (Å²) in [6.45, 7) is 3.75. The highest BCUT2D eigenvalue weighted by Crippen LogP contribution is 2.65. The summed E-state index contributed by atoms with van der Waals surface area (Å²) in [5, 5.41) is 0. The van der Waals surface area contributed by atoms with Crippen molar-refractivity contribution in [3.63, 3.8) is 0 Å². The van der Waals surface area contributed by atoms with Gasteiger partial charge in [0.25, 0.3) is 0 Å². The number of imide groups is 1. The maximum atomic E-state index is 13.3. The summed E-state index contributed by atoms with van der Waals surface area (Å²) in [5.74, 6) is 1.10. The second kappa shape index (κ2) is 5.29. The summed E-state index contributed by atoms with van der Waals surface area (Å²) >= 11 is 0. The van der Waals surface area contributed by atoms with Gasteiger partial charge in [-0.15, -0.1) is 0 Å². The first kappa shape index (κ1) is 15.8. The van der Waals surface area contributed by atoms with E-state index >= 15 is 0 Å². The normalized spacial score (nSPS) is 36.2. The van der Waals surface area contributed by atoms with E-state index in [9.17, 15) is 14.4 Å². The molecule has 0 aromatic heterocycles. The van der Waals surface area contributed by atoms with Gasteiger partial charge in [-0.1, -0.05) is 12.2 Å². The number of anilines is 1. The van der Waals surface area contributed by atoms with Crippen LogP contribution in [0, 0.1) is 35.5 Å². The molecule has 1 aromatic rings. The number of hydrogen-bond acceptors (Lipinski definition) is 4. The van der Waals surface area contributed by atoms with E-state index in [1.807, 2.05) is 6.92 Å². The largest absolute Gasteiger partial charge is 0.492 e. The molecule has 0 spiro atoms. The molecule has 26 heavy (non-hydrogen) atoms. The maximum absolute atomic E-state index is 13.3. The highest BCUT2D eigenvalue weighted by atomic mass is 16.5. The molecule has 6 rings (SSSR count). The van der Waals surface area contributed by atoms with E-state index < -0.39 is 0 Å². The van der Waals surface area contributed by atoms with Crippen molar-refractivity contribution in [3.8, 4) is 5.75 Å². The first-order chi connectivity index (χ1) is 12.5. The second-order valence-corrected chi connectivity index (χ2v) is 7.84. The fourth-order valence-corrected chi connectivity index (χ4v) is 5.38. The minimum absolute atomic E-state index is 0.103. The number of carbonyl (C=O) groups is 3. The molecule has 5 nitrogen and oxygen atoms in total. The van der Waals surface area contributed by atoms with Crippen molar-refractivity contribution < 1.29 is 19.1 Å². The molecule has 6 atom stereocenters. The van der Waals surface area contributed by atoms with Crippen LogP contribution < -0.4 is 9.64 Å². The van der Waals surface area contributed by atoms with Gasteiger partial charge in [-0.3, -0.25) is 14.4 Å². The van der Waals surface area contributed by atoms with Gasteiger partial charge in [0.15, 0.2) is 5.78 Å². The van der Waals surface area contributed by atoms with Gasteiger partial charge in [0, 0.05) is 5.56 Å². The monoisotopic (exact) mass is 351 g/mol. The molecule has 2 amide bonds. The number of allylic oxidation sites excluding steroid dienone is 2. The van der Waals surface area contributed by atoms with Crippen molar-refractivity contribution in [1.29, 1.82) is 0 Å². The Labute approximate surface area is 152 Å². The predicted molar refractivity (Wildman–Crippen MR) is 94.8 cm³/mol. The SMILES string of the molecule is CCOc1ccc(C(C)=O)cc1N1C(=O)[C@@H]2[C@H]3C=C[C@@H]([C@@H]4C[C@@H]34)[C@H]2C1=O. The molecule has 0 N–H and O–H groups in total. The van der Waals surface area contributed by atoms with Gasteiger partial charge < -0.3 is 4.74 Å². The molecule has 5 heteroatoms. The van der Waals surface area contributed by atoms with Crippen LogP contribution in [0.2, 0.25) is 0 Å². The minimum atomic E-state index is -0.253. The van der Waals surface area contributed by atoms with Gasteiger partial charge >= 0.3 is 0 Å². The minimum Gasteiger partial charge on any atom is -0.492 e. The number of Topliss-reactive ketones (excluding diaryl/α,β-unsaturated/α-hetero) is 1. The smallest absolute Gasteiger partial charge is 0.238 e. The molecule has 3 fully saturated rings. The van der Waals surface area contributed by atoms with Gasteiger partial charge in [-0.05, 0) is 62.1 Å². The van der Waals surface area contributed by atoms with Crippen molar-refractivity contribution in [3.05, 3.63) is 35.9 Å². The number of ether oxygens (including phenoxy) is 1. The van der Waals surface area contributed by atoms with Crippen LogP contribution in [0.25, 0.3) is 0 Å². The van der Waals surface area contributed by atoms with E-state index in [1.54, 1.807) is 18.2 Å². The molecule has 1 aliphatic heterocycles. The third-order valence-electron chi connectivity index (χ3n) is 6.57. The predicted octanol–water partition coefficient (Wildman–Crippen LogP) is 2.85. The van der Waals surface area contributed by atoms with Crippen molar-refractivity contribution in [1.82, 2.24) is 0 Å².